The van der Waals surface area contributed by atoms with E-state index in [1.807, 2.05) is 6.07 Å². The van der Waals surface area contributed by atoms with Crippen LogP contribution in [0.1, 0.15) is 24.8 Å². The second-order valence-corrected chi connectivity index (χ2v) is 4.31. The topological polar surface area (TPSA) is 55.8 Å². The molecule has 0 saturated carbocycles. The van der Waals surface area contributed by atoms with E-state index in [9.17, 15) is 4.79 Å². The van der Waals surface area contributed by atoms with E-state index in [0.29, 0.717) is 22.9 Å². The average Bonchev–Trinajstić information content (AvgIpc) is 2.35. The van der Waals surface area contributed by atoms with Crippen LogP contribution in [0.15, 0.2) is 12.1 Å². The molecule has 0 heterocycles. The Morgan fingerprint density at radius 3 is 2.39 bits per heavy atom. The van der Waals surface area contributed by atoms with E-state index >= 15 is 0 Å². The summed E-state index contributed by atoms with van der Waals surface area (Å²) in [6.07, 6.45) is 2.33. The zero-order valence-corrected chi connectivity index (χ0v) is 11.3. The second-order valence-electron chi connectivity index (χ2n) is 3.90. The van der Waals surface area contributed by atoms with Crippen molar-refractivity contribution in [2.45, 2.75) is 25.7 Å². The maximum Gasteiger partial charge on any atom is 0.303 e. The fraction of sp³-hybridized carbons (Fsp3) is 0.462. The highest BCUT2D eigenvalue weighted by molar-refractivity contribution is 6.31. The van der Waals surface area contributed by atoms with E-state index < -0.39 is 5.97 Å². The molecular formula is C13H17ClO4. The minimum atomic E-state index is -0.770. The maximum atomic E-state index is 10.4. The van der Waals surface area contributed by atoms with Crippen LogP contribution in [0.5, 0.6) is 11.5 Å². The molecule has 0 aliphatic rings. The number of aryl methyl sites for hydroxylation is 1. The van der Waals surface area contributed by atoms with Gasteiger partial charge in [-0.15, -0.1) is 0 Å². The van der Waals surface area contributed by atoms with Crippen molar-refractivity contribution >= 4 is 17.6 Å². The number of carboxylic acid groups (broad SMARTS) is 1. The van der Waals surface area contributed by atoms with Crippen molar-refractivity contribution in [1.82, 2.24) is 0 Å². The fourth-order valence-electron chi connectivity index (χ4n) is 1.68. The first-order chi connectivity index (χ1) is 8.58. The Bertz CT molecular complexity index is 418. The molecular weight excluding hydrogens is 256 g/mol. The molecule has 0 spiro atoms. The van der Waals surface area contributed by atoms with Crippen LogP contribution >= 0.6 is 11.6 Å². The van der Waals surface area contributed by atoms with E-state index in [4.69, 9.17) is 26.2 Å². The first-order valence-corrected chi connectivity index (χ1v) is 6.08. The number of methoxy groups -OCH3 is 2. The lowest BCUT2D eigenvalue weighted by atomic mass is 10.1. The predicted molar refractivity (Wildman–Crippen MR) is 69.7 cm³/mol. The van der Waals surface area contributed by atoms with Crippen molar-refractivity contribution in [3.8, 4) is 11.5 Å². The number of halogens is 1. The number of carbonyl (C=O) groups is 1. The summed E-state index contributed by atoms with van der Waals surface area (Å²) in [5, 5.41) is 9.17. The van der Waals surface area contributed by atoms with Crippen LogP contribution in [0.3, 0.4) is 0 Å². The highest BCUT2D eigenvalue weighted by atomic mass is 35.5. The third kappa shape index (κ3) is 4.11. The van der Waals surface area contributed by atoms with E-state index in [0.717, 1.165) is 18.4 Å². The number of unbranched alkanes of at least 4 members (excludes halogenated alkanes) is 1. The number of benzene rings is 1. The number of aliphatic carboxylic acids is 1. The van der Waals surface area contributed by atoms with Gasteiger partial charge in [0.05, 0.1) is 14.2 Å². The normalized spacial score (nSPS) is 10.2. The Morgan fingerprint density at radius 1 is 1.22 bits per heavy atom. The van der Waals surface area contributed by atoms with Gasteiger partial charge in [0.15, 0.2) is 11.5 Å². The summed E-state index contributed by atoms with van der Waals surface area (Å²) in [5.74, 6) is 0.459. The van der Waals surface area contributed by atoms with Crippen LogP contribution in [0.25, 0.3) is 0 Å². The molecule has 0 radical (unpaired) electrons. The lowest BCUT2D eigenvalue weighted by Gasteiger charge is -2.11. The molecule has 0 bridgehead atoms. The van der Waals surface area contributed by atoms with E-state index in [2.05, 4.69) is 0 Å². The molecule has 1 rings (SSSR count). The van der Waals surface area contributed by atoms with Gasteiger partial charge in [0.2, 0.25) is 0 Å². The predicted octanol–water partition coefficient (Wildman–Crippen LogP) is 3.15. The summed E-state index contributed by atoms with van der Waals surface area (Å²) in [7, 11) is 3.13. The minimum absolute atomic E-state index is 0.185. The van der Waals surface area contributed by atoms with Crippen molar-refractivity contribution in [3.63, 3.8) is 0 Å². The van der Waals surface area contributed by atoms with Crippen LogP contribution in [0, 0.1) is 0 Å². The number of carboxylic acids is 1. The maximum absolute atomic E-state index is 10.4. The molecule has 0 aliphatic heterocycles. The molecule has 0 aliphatic carbocycles. The standard InChI is InChI=1S/C13H17ClO4/c1-17-11-7-9(5-3-4-6-13(15)16)10(14)8-12(11)18-2/h7-8H,3-6H2,1-2H3,(H,15,16). The van der Waals surface area contributed by atoms with Gasteiger partial charge in [0.25, 0.3) is 0 Å². The van der Waals surface area contributed by atoms with Gasteiger partial charge < -0.3 is 14.6 Å². The highest BCUT2D eigenvalue weighted by Crippen LogP contribution is 2.33. The molecule has 4 nitrogen and oxygen atoms in total. The third-order valence-electron chi connectivity index (χ3n) is 2.64. The molecule has 0 aromatic heterocycles. The zero-order valence-electron chi connectivity index (χ0n) is 10.5. The average molecular weight is 273 g/mol. The molecule has 5 heteroatoms. The van der Waals surface area contributed by atoms with Crippen LogP contribution < -0.4 is 9.47 Å². The largest absolute Gasteiger partial charge is 0.493 e. The van der Waals surface area contributed by atoms with Gasteiger partial charge in [-0.3, -0.25) is 4.79 Å². The Hall–Kier alpha value is -1.42. The van der Waals surface area contributed by atoms with Crippen molar-refractivity contribution in [2.75, 3.05) is 14.2 Å². The molecule has 0 atom stereocenters. The van der Waals surface area contributed by atoms with Crippen molar-refractivity contribution < 1.29 is 19.4 Å². The Balaban J connectivity index is 2.68. The van der Waals surface area contributed by atoms with E-state index in [-0.39, 0.29) is 6.42 Å². The number of ether oxygens (including phenoxy) is 2. The van der Waals surface area contributed by atoms with Gasteiger partial charge in [-0.05, 0) is 30.9 Å². The zero-order chi connectivity index (χ0) is 13.5. The monoisotopic (exact) mass is 272 g/mol. The second kappa shape index (κ2) is 7.11. The van der Waals surface area contributed by atoms with Crippen LogP contribution in [-0.2, 0) is 11.2 Å². The first-order valence-electron chi connectivity index (χ1n) is 5.70. The van der Waals surface area contributed by atoms with Gasteiger partial charge in [-0.2, -0.15) is 0 Å². The van der Waals surface area contributed by atoms with Gasteiger partial charge in [-0.1, -0.05) is 11.6 Å². The molecule has 1 aromatic carbocycles. The summed E-state index contributed by atoms with van der Waals surface area (Å²) in [6, 6.07) is 3.55. The van der Waals surface area contributed by atoms with E-state index in [1.54, 1.807) is 20.3 Å². The molecule has 0 fully saturated rings. The first kappa shape index (κ1) is 14.6. The van der Waals surface area contributed by atoms with Gasteiger partial charge in [0.1, 0.15) is 0 Å². The molecule has 0 unspecified atom stereocenters. The van der Waals surface area contributed by atoms with Gasteiger partial charge >= 0.3 is 5.97 Å². The molecule has 0 amide bonds. The SMILES string of the molecule is COc1cc(Cl)c(CCCCC(=O)O)cc1OC. The molecule has 0 saturated heterocycles. The van der Waals surface area contributed by atoms with Crippen molar-refractivity contribution in [2.24, 2.45) is 0 Å². The Morgan fingerprint density at radius 2 is 1.83 bits per heavy atom. The summed E-state index contributed by atoms with van der Waals surface area (Å²) < 4.78 is 10.3. The van der Waals surface area contributed by atoms with Gasteiger partial charge in [0, 0.05) is 17.5 Å². The lowest BCUT2D eigenvalue weighted by molar-refractivity contribution is -0.137. The van der Waals surface area contributed by atoms with Crippen LogP contribution in [-0.4, -0.2) is 25.3 Å². The van der Waals surface area contributed by atoms with E-state index in [1.165, 1.54) is 0 Å². The molecule has 1 N–H and O–H groups in total. The number of rotatable bonds is 7. The van der Waals surface area contributed by atoms with Crippen LogP contribution in [0.4, 0.5) is 0 Å². The number of hydrogen-bond acceptors (Lipinski definition) is 3. The Kier molecular flexibility index (Phi) is 5.78. The quantitative estimate of drug-likeness (QED) is 0.775. The summed E-state index contributed by atoms with van der Waals surface area (Å²) in [6.45, 7) is 0. The summed E-state index contributed by atoms with van der Waals surface area (Å²) in [4.78, 5) is 10.4. The van der Waals surface area contributed by atoms with Crippen molar-refractivity contribution in [1.29, 1.82) is 0 Å². The lowest BCUT2D eigenvalue weighted by Crippen LogP contribution is -1.97. The highest BCUT2D eigenvalue weighted by Gasteiger charge is 2.09. The van der Waals surface area contributed by atoms with Crippen LogP contribution in [0.2, 0.25) is 5.02 Å². The van der Waals surface area contributed by atoms with Crippen molar-refractivity contribution in [3.05, 3.63) is 22.7 Å². The fourth-order valence-corrected chi connectivity index (χ4v) is 1.93. The summed E-state index contributed by atoms with van der Waals surface area (Å²) in [5.41, 5.74) is 0.944. The minimum Gasteiger partial charge on any atom is -0.493 e. The smallest absolute Gasteiger partial charge is 0.303 e. The Labute approximate surface area is 111 Å². The van der Waals surface area contributed by atoms with Gasteiger partial charge in [-0.25, -0.2) is 0 Å². The third-order valence-corrected chi connectivity index (χ3v) is 2.99. The molecule has 1 aromatic rings. The molecule has 18 heavy (non-hydrogen) atoms. The number of hydrogen-bond donors (Lipinski definition) is 1. The summed E-state index contributed by atoms with van der Waals surface area (Å²) >= 11 is 6.13. The molecule has 100 valence electrons.